The summed E-state index contributed by atoms with van der Waals surface area (Å²) in [6, 6.07) is 0.0535. The van der Waals surface area contributed by atoms with Gasteiger partial charge in [-0.3, -0.25) is 0 Å². The molecule has 0 aromatic carbocycles. The zero-order valence-corrected chi connectivity index (χ0v) is 8.68. The molecule has 13 heavy (non-hydrogen) atoms. The lowest BCUT2D eigenvalue weighted by molar-refractivity contribution is 0.147. The first-order valence-electron chi connectivity index (χ1n) is 4.24. The van der Waals surface area contributed by atoms with Crippen molar-refractivity contribution >= 4 is 6.09 Å². The van der Waals surface area contributed by atoms with Gasteiger partial charge >= 0.3 is 6.09 Å². The van der Waals surface area contributed by atoms with Gasteiger partial charge in [-0.1, -0.05) is 26.7 Å². The fourth-order valence-corrected chi connectivity index (χ4v) is 0.542. The number of hydrogen-bond acceptors (Lipinski definition) is 2. The number of hydrogen-bond donors (Lipinski definition) is 1. The Morgan fingerprint density at radius 3 is 2.54 bits per heavy atom. The SMILES string of the molecule is C#CCOC(=O)NC(C)C(C)(C)C. The van der Waals surface area contributed by atoms with Gasteiger partial charge in [0.05, 0.1) is 0 Å². The first kappa shape index (κ1) is 11.8. The highest BCUT2D eigenvalue weighted by molar-refractivity contribution is 5.67. The molecule has 0 aliphatic heterocycles. The Hall–Kier alpha value is -1.17. The van der Waals surface area contributed by atoms with E-state index >= 15 is 0 Å². The number of alkyl carbamates (subject to hydrolysis) is 1. The minimum absolute atomic E-state index is 0.0166. The van der Waals surface area contributed by atoms with Crippen LogP contribution >= 0.6 is 0 Å². The third-order valence-corrected chi connectivity index (χ3v) is 1.92. The van der Waals surface area contributed by atoms with Crippen LogP contribution in [0.2, 0.25) is 0 Å². The Morgan fingerprint density at radius 2 is 2.15 bits per heavy atom. The highest BCUT2D eigenvalue weighted by Gasteiger charge is 2.21. The Bertz CT molecular complexity index is 210. The van der Waals surface area contributed by atoms with Crippen molar-refractivity contribution < 1.29 is 9.53 Å². The molecule has 3 heteroatoms. The second kappa shape index (κ2) is 4.76. The van der Waals surface area contributed by atoms with Gasteiger partial charge in [0.15, 0.2) is 6.61 Å². The van der Waals surface area contributed by atoms with Crippen LogP contribution in [0.4, 0.5) is 4.79 Å². The van der Waals surface area contributed by atoms with E-state index in [-0.39, 0.29) is 18.1 Å². The average molecular weight is 183 g/mol. The van der Waals surface area contributed by atoms with Crippen LogP contribution in [-0.2, 0) is 4.74 Å². The van der Waals surface area contributed by atoms with Crippen LogP contribution in [0.15, 0.2) is 0 Å². The summed E-state index contributed by atoms with van der Waals surface area (Å²) in [7, 11) is 0. The molecule has 0 aliphatic rings. The predicted molar refractivity (Wildman–Crippen MR) is 52.2 cm³/mol. The molecule has 0 radical (unpaired) electrons. The summed E-state index contributed by atoms with van der Waals surface area (Å²) in [6.45, 7) is 8.07. The molecule has 0 saturated heterocycles. The van der Waals surface area contributed by atoms with E-state index in [0.717, 1.165) is 0 Å². The topological polar surface area (TPSA) is 38.3 Å². The maximum absolute atomic E-state index is 11.0. The van der Waals surface area contributed by atoms with Crippen molar-refractivity contribution in [3.05, 3.63) is 0 Å². The molecule has 1 amide bonds. The number of ether oxygens (including phenoxy) is 1. The van der Waals surface area contributed by atoms with Gasteiger partial charge in [-0.05, 0) is 12.3 Å². The van der Waals surface area contributed by atoms with Gasteiger partial charge in [-0.15, -0.1) is 6.42 Å². The molecule has 1 unspecified atom stereocenters. The third kappa shape index (κ3) is 5.13. The van der Waals surface area contributed by atoms with Crippen molar-refractivity contribution in [2.75, 3.05) is 6.61 Å². The van der Waals surface area contributed by atoms with E-state index in [9.17, 15) is 4.79 Å². The van der Waals surface area contributed by atoms with Gasteiger partial charge in [0.25, 0.3) is 0 Å². The van der Waals surface area contributed by atoms with Crippen LogP contribution in [0.5, 0.6) is 0 Å². The molecule has 0 heterocycles. The van der Waals surface area contributed by atoms with Crippen LogP contribution in [0.25, 0.3) is 0 Å². The highest BCUT2D eigenvalue weighted by atomic mass is 16.5. The predicted octanol–water partition coefficient (Wildman–Crippen LogP) is 1.78. The van der Waals surface area contributed by atoms with Crippen LogP contribution < -0.4 is 5.32 Å². The molecule has 0 aliphatic carbocycles. The summed E-state index contributed by atoms with van der Waals surface area (Å²) in [5, 5.41) is 2.70. The molecule has 3 nitrogen and oxygen atoms in total. The van der Waals surface area contributed by atoms with E-state index < -0.39 is 6.09 Å². The maximum Gasteiger partial charge on any atom is 0.408 e. The molecule has 1 N–H and O–H groups in total. The van der Waals surface area contributed by atoms with E-state index in [0.29, 0.717) is 0 Å². The van der Waals surface area contributed by atoms with Gasteiger partial charge < -0.3 is 10.1 Å². The lowest BCUT2D eigenvalue weighted by Crippen LogP contribution is -2.41. The standard InChI is InChI=1S/C10H17NO2/c1-6-7-13-9(12)11-8(2)10(3,4)5/h1,8H,7H2,2-5H3,(H,11,12). The molecule has 0 fully saturated rings. The molecule has 74 valence electrons. The maximum atomic E-state index is 11.0. The monoisotopic (exact) mass is 183 g/mol. The van der Waals surface area contributed by atoms with Gasteiger partial charge in [0, 0.05) is 6.04 Å². The number of carbonyl (C=O) groups is 1. The molecule has 0 aromatic heterocycles. The first-order valence-corrected chi connectivity index (χ1v) is 4.24. The zero-order chi connectivity index (χ0) is 10.5. The number of terminal acetylenes is 1. The smallest absolute Gasteiger partial charge is 0.408 e. The second-order valence-electron chi connectivity index (χ2n) is 4.01. The summed E-state index contributed by atoms with van der Waals surface area (Å²) in [5.74, 6) is 2.23. The van der Waals surface area contributed by atoms with E-state index in [2.05, 4.69) is 16.0 Å². The molecule has 1 atom stereocenters. The van der Waals surface area contributed by atoms with Crippen LogP contribution in [0.3, 0.4) is 0 Å². The lowest BCUT2D eigenvalue weighted by atomic mass is 9.88. The second-order valence-corrected chi connectivity index (χ2v) is 4.01. The summed E-state index contributed by atoms with van der Waals surface area (Å²) in [5.41, 5.74) is 0.0230. The lowest BCUT2D eigenvalue weighted by Gasteiger charge is -2.27. The summed E-state index contributed by atoms with van der Waals surface area (Å²) < 4.78 is 4.67. The molecule has 0 rings (SSSR count). The summed E-state index contributed by atoms with van der Waals surface area (Å²) >= 11 is 0. The third-order valence-electron chi connectivity index (χ3n) is 1.92. The minimum atomic E-state index is -0.458. The molecular weight excluding hydrogens is 166 g/mol. The van der Waals surface area contributed by atoms with Crippen molar-refractivity contribution in [2.24, 2.45) is 5.41 Å². The van der Waals surface area contributed by atoms with E-state index in [1.54, 1.807) is 0 Å². The largest absolute Gasteiger partial charge is 0.436 e. The van der Waals surface area contributed by atoms with E-state index in [1.165, 1.54) is 0 Å². The Labute approximate surface area is 79.8 Å². The van der Waals surface area contributed by atoms with Gasteiger partial charge in [-0.2, -0.15) is 0 Å². The van der Waals surface area contributed by atoms with Crippen LogP contribution in [0.1, 0.15) is 27.7 Å². The summed E-state index contributed by atoms with van der Waals surface area (Å²) in [6.07, 6.45) is 4.48. The molecule has 0 aromatic rings. The Kier molecular flexibility index (Phi) is 4.33. The Morgan fingerprint density at radius 1 is 1.62 bits per heavy atom. The molecule has 0 bridgehead atoms. The average Bonchev–Trinajstić information content (AvgIpc) is 1.99. The van der Waals surface area contributed by atoms with Crippen molar-refractivity contribution in [1.82, 2.24) is 5.32 Å². The Balaban J connectivity index is 3.87. The van der Waals surface area contributed by atoms with E-state index in [4.69, 9.17) is 6.42 Å². The molecular formula is C10H17NO2. The van der Waals surface area contributed by atoms with Gasteiger partial charge in [0.1, 0.15) is 0 Å². The van der Waals surface area contributed by atoms with Crippen LogP contribution in [-0.4, -0.2) is 18.7 Å². The number of rotatable bonds is 2. The van der Waals surface area contributed by atoms with Crippen molar-refractivity contribution in [2.45, 2.75) is 33.7 Å². The highest BCUT2D eigenvalue weighted by Crippen LogP contribution is 2.18. The molecule has 0 saturated carbocycles. The van der Waals surface area contributed by atoms with Crippen molar-refractivity contribution in [1.29, 1.82) is 0 Å². The zero-order valence-electron chi connectivity index (χ0n) is 8.68. The minimum Gasteiger partial charge on any atom is -0.436 e. The number of nitrogens with one attached hydrogen (secondary N) is 1. The molecule has 0 spiro atoms. The number of amides is 1. The van der Waals surface area contributed by atoms with Crippen LogP contribution in [0, 0.1) is 17.8 Å². The fraction of sp³-hybridized carbons (Fsp3) is 0.700. The van der Waals surface area contributed by atoms with E-state index in [1.807, 2.05) is 27.7 Å². The first-order chi connectivity index (χ1) is 5.88. The normalized spacial score (nSPS) is 12.8. The van der Waals surface area contributed by atoms with Gasteiger partial charge in [0.2, 0.25) is 0 Å². The fourth-order valence-electron chi connectivity index (χ4n) is 0.542. The summed E-state index contributed by atoms with van der Waals surface area (Å²) in [4.78, 5) is 11.0. The van der Waals surface area contributed by atoms with Gasteiger partial charge in [-0.25, -0.2) is 4.79 Å². The quantitative estimate of drug-likeness (QED) is 0.663. The van der Waals surface area contributed by atoms with Crippen molar-refractivity contribution in [3.8, 4) is 12.3 Å². The number of carbonyl (C=O) groups excluding carboxylic acids is 1. The van der Waals surface area contributed by atoms with Crippen molar-refractivity contribution in [3.63, 3.8) is 0 Å².